The van der Waals surface area contributed by atoms with E-state index in [0.717, 1.165) is 5.06 Å². The molecule has 0 unspecified atom stereocenters. The second-order valence-corrected chi connectivity index (χ2v) is 3.33. The number of carbonyl (C=O) groups is 1. The molecule has 0 atom stereocenters. The van der Waals surface area contributed by atoms with Crippen molar-refractivity contribution in [3.63, 3.8) is 0 Å². The highest BCUT2D eigenvalue weighted by Gasteiger charge is 2.21. The molecule has 1 aromatic carbocycles. The van der Waals surface area contributed by atoms with Gasteiger partial charge in [0.15, 0.2) is 11.6 Å². The van der Waals surface area contributed by atoms with Gasteiger partial charge in [0.2, 0.25) is 0 Å². The molecule has 0 aliphatic heterocycles. The molecule has 0 bridgehead atoms. The molecule has 0 aliphatic carbocycles. The van der Waals surface area contributed by atoms with Crippen molar-refractivity contribution in [3.05, 3.63) is 28.5 Å². The first kappa shape index (κ1) is 12.7. The molecular weight excluding hydrogens is 237 g/mol. The first-order valence-electron chi connectivity index (χ1n) is 4.37. The van der Waals surface area contributed by atoms with Crippen LogP contribution in [0.15, 0.2) is 12.1 Å². The first-order chi connectivity index (χ1) is 7.52. The number of ether oxygens (including phenoxy) is 1. The fourth-order valence-electron chi connectivity index (χ4n) is 1.14. The quantitative estimate of drug-likeness (QED) is 0.768. The topological polar surface area (TPSA) is 38.8 Å². The van der Waals surface area contributed by atoms with E-state index in [9.17, 15) is 9.18 Å². The predicted octanol–water partition coefficient (Wildman–Crippen LogP) is 2.12. The molecule has 0 saturated carbocycles. The molecule has 4 nitrogen and oxygen atoms in total. The summed E-state index contributed by atoms with van der Waals surface area (Å²) in [6, 6.07) is 2.66. The van der Waals surface area contributed by atoms with Crippen LogP contribution in [0.5, 0.6) is 5.75 Å². The molecule has 1 aromatic rings. The van der Waals surface area contributed by atoms with Crippen LogP contribution in [-0.4, -0.2) is 32.2 Å². The maximum absolute atomic E-state index is 13.8. The van der Waals surface area contributed by atoms with Gasteiger partial charge in [-0.15, -0.1) is 0 Å². The van der Waals surface area contributed by atoms with E-state index in [4.69, 9.17) is 16.3 Å². The fraction of sp³-hybridized carbons (Fsp3) is 0.300. The summed E-state index contributed by atoms with van der Waals surface area (Å²) < 4.78 is 18.5. The molecule has 0 spiro atoms. The molecule has 0 saturated heterocycles. The number of hydrogen-bond acceptors (Lipinski definition) is 3. The lowest BCUT2D eigenvalue weighted by molar-refractivity contribution is -0.0759. The Balaban J connectivity index is 3.21. The standard InChI is InChI=1S/C10H11ClFNO3/c1-13(16-3)10(14)6-4-5-7(11)9(15-2)8(6)12/h4-5H,1-3H3. The van der Waals surface area contributed by atoms with E-state index in [1.165, 1.54) is 33.4 Å². The number of methoxy groups -OCH3 is 1. The number of hydrogen-bond donors (Lipinski definition) is 0. The number of halogens is 2. The molecule has 1 rings (SSSR count). The van der Waals surface area contributed by atoms with Crippen molar-refractivity contribution >= 4 is 17.5 Å². The average molecular weight is 248 g/mol. The minimum Gasteiger partial charge on any atom is -0.492 e. The van der Waals surface area contributed by atoms with Gasteiger partial charge in [0.05, 0.1) is 24.8 Å². The van der Waals surface area contributed by atoms with Crippen LogP contribution in [0.3, 0.4) is 0 Å². The Kier molecular flexibility index (Phi) is 4.09. The van der Waals surface area contributed by atoms with E-state index in [1.807, 2.05) is 0 Å². The monoisotopic (exact) mass is 247 g/mol. The fourth-order valence-corrected chi connectivity index (χ4v) is 1.36. The second kappa shape index (κ2) is 5.14. The highest BCUT2D eigenvalue weighted by molar-refractivity contribution is 6.32. The molecule has 88 valence electrons. The SMILES string of the molecule is COc1c(Cl)ccc(C(=O)N(C)OC)c1F. The van der Waals surface area contributed by atoms with Crippen LogP contribution in [0.2, 0.25) is 5.02 Å². The molecule has 0 aliphatic rings. The van der Waals surface area contributed by atoms with Crippen molar-refractivity contribution in [2.75, 3.05) is 21.3 Å². The minimum absolute atomic E-state index is 0.108. The summed E-state index contributed by atoms with van der Waals surface area (Å²) in [5.74, 6) is -1.57. The third-order valence-electron chi connectivity index (χ3n) is 2.04. The van der Waals surface area contributed by atoms with Crippen LogP contribution in [-0.2, 0) is 4.84 Å². The van der Waals surface area contributed by atoms with Gasteiger partial charge in [-0.05, 0) is 12.1 Å². The molecule has 0 heterocycles. The summed E-state index contributed by atoms with van der Waals surface area (Å²) in [7, 11) is 3.96. The zero-order valence-electron chi connectivity index (χ0n) is 9.08. The molecule has 1 amide bonds. The van der Waals surface area contributed by atoms with Crippen molar-refractivity contribution in [2.45, 2.75) is 0 Å². The van der Waals surface area contributed by atoms with Gasteiger partial charge in [-0.1, -0.05) is 11.6 Å². The molecule has 0 fully saturated rings. The van der Waals surface area contributed by atoms with Crippen LogP contribution < -0.4 is 4.74 Å². The summed E-state index contributed by atoms with van der Waals surface area (Å²) in [5.41, 5.74) is -0.161. The van der Waals surface area contributed by atoms with E-state index < -0.39 is 11.7 Å². The number of hydroxylamine groups is 2. The Morgan fingerprint density at radius 1 is 1.44 bits per heavy atom. The summed E-state index contributed by atoms with van der Waals surface area (Å²) in [5, 5.41) is 1.02. The lowest BCUT2D eigenvalue weighted by Crippen LogP contribution is -2.26. The summed E-state index contributed by atoms with van der Waals surface area (Å²) >= 11 is 5.70. The Morgan fingerprint density at radius 2 is 2.06 bits per heavy atom. The second-order valence-electron chi connectivity index (χ2n) is 2.93. The zero-order valence-corrected chi connectivity index (χ0v) is 9.84. The Labute approximate surface area is 97.5 Å². The van der Waals surface area contributed by atoms with Crippen molar-refractivity contribution in [1.82, 2.24) is 5.06 Å². The number of nitrogens with zero attached hydrogens (tertiary/aromatic N) is 1. The predicted molar refractivity (Wildman–Crippen MR) is 57.1 cm³/mol. The van der Waals surface area contributed by atoms with E-state index in [2.05, 4.69) is 4.84 Å². The van der Waals surface area contributed by atoms with Crippen LogP contribution in [0.4, 0.5) is 4.39 Å². The maximum Gasteiger partial charge on any atom is 0.280 e. The van der Waals surface area contributed by atoms with Gasteiger partial charge in [0.25, 0.3) is 5.91 Å². The Bertz CT molecular complexity index is 411. The third kappa shape index (κ3) is 2.25. The van der Waals surface area contributed by atoms with Crippen molar-refractivity contribution < 1.29 is 18.8 Å². The zero-order chi connectivity index (χ0) is 12.3. The van der Waals surface area contributed by atoms with Gasteiger partial charge < -0.3 is 4.74 Å². The van der Waals surface area contributed by atoms with Crippen molar-refractivity contribution in [2.24, 2.45) is 0 Å². The van der Waals surface area contributed by atoms with Crippen LogP contribution >= 0.6 is 11.6 Å². The minimum atomic E-state index is -0.802. The number of benzene rings is 1. The van der Waals surface area contributed by atoms with Crippen molar-refractivity contribution in [3.8, 4) is 5.75 Å². The Hall–Kier alpha value is -1.33. The maximum atomic E-state index is 13.8. The van der Waals surface area contributed by atoms with E-state index >= 15 is 0 Å². The highest BCUT2D eigenvalue weighted by Crippen LogP contribution is 2.30. The Morgan fingerprint density at radius 3 is 2.56 bits per heavy atom. The molecular formula is C10H11ClFNO3. The summed E-state index contributed by atoms with van der Waals surface area (Å²) in [6.07, 6.45) is 0. The van der Waals surface area contributed by atoms with E-state index in [0.29, 0.717) is 0 Å². The summed E-state index contributed by atoms with van der Waals surface area (Å²) in [4.78, 5) is 16.3. The van der Waals surface area contributed by atoms with Gasteiger partial charge in [0, 0.05) is 7.05 Å². The third-order valence-corrected chi connectivity index (χ3v) is 2.34. The number of amides is 1. The smallest absolute Gasteiger partial charge is 0.280 e. The van der Waals surface area contributed by atoms with Gasteiger partial charge >= 0.3 is 0 Å². The number of rotatable bonds is 3. The van der Waals surface area contributed by atoms with Crippen LogP contribution in [0.25, 0.3) is 0 Å². The van der Waals surface area contributed by atoms with Gasteiger partial charge in [-0.2, -0.15) is 0 Å². The van der Waals surface area contributed by atoms with Crippen LogP contribution in [0, 0.1) is 5.82 Å². The van der Waals surface area contributed by atoms with Gasteiger partial charge in [0.1, 0.15) is 0 Å². The first-order valence-corrected chi connectivity index (χ1v) is 4.74. The van der Waals surface area contributed by atoms with E-state index in [-0.39, 0.29) is 16.3 Å². The lowest BCUT2D eigenvalue weighted by atomic mass is 10.2. The van der Waals surface area contributed by atoms with Gasteiger partial charge in [-0.3, -0.25) is 9.63 Å². The molecule has 0 radical (unpaired) electrons. The van der Waals surface area contributed by atoms with Crippen LogP contribution in [0.1, 0.15) is 10.4 Å². The molecule has 0 N–H and O–H groups in total. The lowest BCUT2D eigenvalue weighted by Gasteiger charge is -2.15. The van der Waals surface area contributed by atoms with E-state index in [1.54, 1.807) is 0 Å². The molecule has 0 aromatic heterocycles. The normalized spacial score (nSPS) is 10.1. The summed E-state index contributed by atoms with van der Waals surface area (Å²) in [6.45, 7) is 0. The average Bonchev–Trinajstić information content (AvgIpc) is 2.28. The van der Waals surface area contributed by atoms with Crippen molar-refractivity contribution in [1.29, 1.82) is 0 Å². The highest BCUT2D eigenvalue weighted by atomic mass is 35.5. The largest absolute Gasteiger partial charge is 0.492 e. The van der Waals surface area contributed by atoms with Gasteiger partial charge in [-0.25, -0.2) is 9.45 Å². The molecule has 16 heavy (non-hydrogen) atoms. The number of carbonyl (C=O) groups excluding carboxylic acids is 1. The molecule has 6 heteroatoms.